The van der Waals surface area contributed by atoms with E-state index in [1.165, 1.54) is 18.2 Å². The maximum absolute atomic E-state index is 12.7. The van der Waals surface area contributed by atoms with E-state index >= 15 is 0 Å². The number of benzene rings is 1. The van der Waals surface area contributed by atoms with Crippen molar-refractivity contribution >= 4 is 29.0 Å². The Morgan fingerprint density at radius 1 is 1.16 bits per heavy atom. The average Bonchev–Trinajstić information content (AvgIpc) is 3.36. The molecule has 0 aliphatic carbocycles. The summed E-state index contributed by atoms with van der Waals surface area (Å²) >= 11 is 2.22. The van der Waals surface area contributed by atoms with Crippen LogP contribution >= 0.6 is 22.6 Å². The van der Waals surface area contributed by atoms with Crippen LogP contribution in [0, 0.1) is 3.70 Å². The van der Waals surface area contributed by atoms with Gasteiger partial charge >= 0.3 is 6.36 Å². The molecule has 2 fully saturated rings. The zero-order valence-corrected chi connectivity index (χ0v) is 19.3. The summed E-state index contributed by atoms with van der Waals surface area (Å²) in [6.07, 6.45) is 0.0380. The lowest BCUT2D eigenvalue weighted by atomic mass is 9.83. The van der Waals surface area contributed by atoms with E-state index in [1.807, 2.05) is 11.6 Å². The lowest BCUT2D eigenvalue weighted by Crippen LogP contribution is -2.53. The van der Waals surface area contributed by atoms with E-state index < -0.39 is 6.36 Å². The van der Waals surface area contributed by atoms with E-state index in [0.717, 1.165) is 54.6 Å². The molecule has 0 N–H and O–H groups in total. The van der Waals surface area contributed by atoms with Gasteiger partial charge in [-0.25, -0.2) is 4.98 Å². The molecule has 0 spiro atoms. The number of amides is 1. The Bertz CT molecular complexity index is 949. The van der Waals surface area contributed by atoms with E-state index in [1.54, 1.807) is 11.0 Å². The minimum atomic E-state index is -4.74. The van der Waals surface area contributed by atoms with Crippen LogP contribution in [0.15, 0.2) is 24.3 Å². The summed E-state index contributed by atoms with van der Waals surface area (Å²) in [5.41, 5.74) is 1.39. The van der Waals surface area contributed by atoms with Crippen molar-refractivity contribution in [3.63, 3.8) is 0 Å². The number of aromatic nitrogens is 2. The smallest absolute Gasteiger partial charge is 0.406 e. The first kappa shape index (κ1) is 22.4. The molecule has 6 nitrogen and oxygen atoms in total. The van der Waals surface area contributed by atoms with Crippen LogP contribution in [0.3, 0.4) is 0 Å². The molecule has 2 aliphatic rings. The van der Waals surface area contributed by atoms with Crippen molar-refractivity contribution in [1.29, 1.82) is 0 Å². The highest BCUT2D eigenvalue weighted by atomic mass is 127. The third-order valence-electron chi connectivity index (χ3n) is 6.30. The molecule has 1 aromatic carbocycles. The molecule has 2 saturated heterocycles. The molecular weight excluding hydrogens is 524 g/mol. The normalized spacial score (nSPS) is 19.6. The first-order valence-corrected chi connectivity index (χ1v) is 11.3. The highest BCUT2D eigenvalue weighted by Crippen LogP contribution is 2.43. The Labute approximate surface area is 192 Å². The molecular formula is C21H24F3IN4O2. The summed E-state index contributed by atoms with van der Waals surface area (Å²) in [5, 5.41) is 0. The van der Waals surface area contributed by atoms with Gasteiger partial charge in [0.05, 0.1) is 11.2 Å². The summed E-state index contributed by atoms with van der Waals surface area (Å²) in [5.74, 6) is 0.335. The second-order valence-electron chi connectivity index (χ2n) is 8.08. The number of hydrogen-bond acceptors (Lipinski definition) is 4. The number of carbonyl (C=O) groups excluding carboxylic acids is 1. The summed E-state index contributed by atoms with van der Waals surface area (Å²) in [6.45, 7) is 3.33. The van der Waals surface area contributed by atoms with Crippen LogP contribution in [-0.4, -0.2) is 58.3 Å². The standard InChI is InChI=1S/C21H24F3IN4O2/c1-27-17(20(29-9-2-3-10-29)7-11-28(14-30)12-8-20)18(25)26-19(27)15-5-4-6-16(13-15)31-21(22,23)24/h4-6,13-14H,2-3,7-12H2,1H3. The molecule has 31 heavy (non-hydrogen) atoms. The second-order valence-corrected chi connectivity index (χ2v) is 9.10. The summed E-state index contributed by atoms with van der Waals surface area (Å²) < 4.78 is 45.0. The van der Waals surface area contributed by atoms with Gasteiger partial charge in [-0.2, -0.15) is 0 Å². The maximum atomic E-state index is 12.7. The van der Waals surface area contributed by atoms with E-state index in [-0.39, 0.29) is 11.3 Å². The lowest BCUT2D eigenvalue weighted by molar-refractivity contribution is -0.274. The van der Waals surface area contributed by atoms with Gasteiger partial charge in [-0.05, 0) is 73.5 Å². The van der Waals surface area contributed by atoms with E-state index in [4.69, 9.17) is 4.98 Å². The van der Waals surface area contributed by atoms with Gasteiger partial charge < -0.3 is 14.2 Å². The molecule has 0 bridgehead atoms. The molecule has 1 amide bonds. The highest BCUT2D eigenvalue weighted by Gasteiger charge is 2.46. The molecule has 3 heterocycles. The van der Waals surface area contributed by atoms with Gasteiger partial charge in [0.25, 0.3) is 0 Å². The number of alkyl halides is 3. The van der Waals surface area contributed by atoms with Gasteiger partial charge in [-0.1, -0.05) is 12.1 Å². The average molecular weight is 548 g/mol. The number of carbonyl (C=O) groups is 1. The zero-order chi connectivity index (χ0) is 22.2. The van der Waals surface area contributed by atoms with E-state index in [2.05, 4.69) is 32.2 Å². The number of likely N-dealkylation sites (tertiary alicyclic amines) is 2. The molecule has 4 rings (SSSR count). The third-order valence-corrected chi connectivity index (χ3v) is 7.06. The van der Waals surface area contributed by atoms with E-state index in [9.17, 15) is 18.0 Å². The molecule has 0 unspecified atom stereocenters. The Balaban J connectivity index is 1.75. The first-order chi connectivity index (χ1) is 14.7. The number of hydrogen-bond donors (Lipinski definition) is 0. The number of ether oxygens (including phenoxy) is 1. The molecule has 10 heteroatoms. The van der Waals surface area contributed by atoms with Crippen LogP contribution in [0.4, 0.5) is 13.2 Å². The van der Waals surface area contributed by atoms with Gasteiger partial charge in [-0.15, -0.1) is 13.2 Å². The molecule has 1 aromatic heterocycles. The zero-order valence-electron chi connectivity index (χ0n) is 17.2. The van der Waals surface area contributed by atoms with Crippen molar-refractivity contribution in [3.05, 3.63) is 33.7 Å². The monoisotopic (exact) mass is 548 g/mol. The highest BCUT2D eigenvalue weighted by molar-refractivity contribution is 14.1. The maximum Gasteiger partial charge on any atom is 0.573 e. The van der Waals surface area contributed by atoms with Crippen LogP contribution in [-0.2, 0) is 17.4 Å². The van der Waals surface area contributed by atoms with Crippen LogP contribution in [0.5, 0.6) is 5.75 Å². The van der Waals surface area contributed by atoms with Gasteiger partial charge in [0.1, 0.15) is 15.3 Å². The molecule has 0 radical (unpaired) electrons. The summed E-state index contributed by atoms with van der Waals surface area (Å²) in [7, 11) is 1.92. The first-order valence-electron chi connectivity index (χ1n) is 10.3. The van der Waals surface area contributed by atoms with E-state index in [0.29, 0.717) is 24.5 Å². The van der Waals surface area contributed by atoms with Crippen molar-refractivity contribution in [2.24, 2.45) is 7.05 Å². The predicted molar refractivity (Wildman–Crippen MR) is 117 cm³/mol. The van der Waals surface area contributed by atoms with Gasteiger partial charge in [-0.3, -0.25) is 9.69 Å². The Morgan fingerprint density at radius 3 is 2.45 bits per heavy atom. The third kappa shape index (κ3) is 4.41. The fourth-order valence-corrected chi connectivity index (χ4v) is 6.00. The lowest BCUT2D eigenvalue weighted by Gasteiger charge is -2.47. The van der Waals surface area contributed by atoms with Gasteiger partial charge in [0.15, 0.2) is 0 Å². The Kier molecular flexibility index (Phi) is 6.21. The van der Waals surface area contributed by atoms with Gasteiger partial charge in [0.2, 0.25) is 6.41 Å². The van der Waals surface area contributed by atoms with Crippen molar-refractivity contribution < 1.29 is 22.7 Å². The number of piperidine rings is 1. The largest absolute Gasteiger partial charge is 0.573 e. The molecule has 0 saturated carbocycles. The quantitative estimate of drug-likeness (QED) is 0.417. The topological polar surface area (TPSA) is 50.6 Å². The number of rotatable bonds is 5. The van der Waals surface area contributed by atoms with Crippen LogP contribution < -0.4 is 4.74 Å². The Hall–Kier alpha value is -1.82. The fourth-order valence-electron chi connectivity index (χ4n) is 4.91. The van der Waals surface area contributed by atoms with Gasteiger partial charge in [0, 0.05) is 25.7 Å². The predicted octanol–water partition coefficient (Wildman–Crippen LogP) is 4.13. The molecule has 2 aliphatic heterocycles. The van der Waals surface area contributed by atoms with Crippen LogP contribution in [0.1, 0.15) is 31.4 Å². The van der Waals surface area contributed by atoms with Crippen LogP contribution in [0.25, 0.3) is 11.4 Å². The molecule has 168 valence electrons. The Morgan fingerprint density at radius 2 is 1.84 bits per heavy atom. The number of imidazole rings is 1. The van der Waals surface area contributed by atoms with Crippen molar-refractivity contribution in [3.8, 4) is 17.1 Å². The van der Waals surface area contributed by atoms with Crippen LogP contribution in [0.2, 0.25) is 0 Å². The number of nitrogens with zero attached hydrogens (tertiary/aromatic N) is 4. The SMILES string of the molecule is Cn1c(-c2cccc(OC(F)(F)F)c2)nc(I)c1C1(N2CCCC2)CCN(C=O)CC1. The number of halogens is 4. The molecule has 2 aromatic rings. The summed E-state index contributed by atoms with van der Waals surface area (Å²) in [6, 6.07) is 5.93. The molecule has 0 atom stereocenters. The minimum Gasteiger partial charge on any atom is -0.406 e. The fraction of sp³-hybridized carbons (Fsp3) is 0.524. The van der Waals surface area contributed by atoms with Crippen molar-refractivity contribution in [2.75, 3.05) is 26.2 Å². The minimum absolute atomic E-state index is 0.243. The second kappa shape index (κ2) is 8.61. The van der Waals surface area contributed by atoms with Crippen molar-refractivity contribution in [1.82, 2.24) is 19.4 Å². The summed E-state index contributed by atoms with van der Waals surface area (Å²) in [4.78, 5) is 20.3. The van der Waals surface area contributed by atoms with Crippen molar-refractivity contribution in [2.45, 2.75) is 37.6 Å².